The molecule has 0 saturated heterocycles. The van der Waals surface area contributed by atoms with E-state index in [0.29, 0.717) is 5.56 Å². The van der Waals surface area contributed by atoms with Gasteiger partial charge in [0, 0.05) is 5.56 Å². The van der Waals surface area contributed by atoms with Crippen LogP contribution in [-0.4, -0.2) is 10.9 Å². The topological polar surface area (TPSA) is 37.3 Å². The Morgan fingerprint density at radius 2 is 1.25 bits per heavy atom. The normalized spacial score (nSPS) is 14.4. The van der Waals surface area contributed by atoms with E-state index in [9.17, 15) is 9.90 Å². The summed E-state index contributed by atoms with van der Waals surface area (Å²) in [6.45, 7) is 0. The van der Waals surface area contributed by atoms with Crippen LogP contribution in [-0.2, 0) is 5.60 Å². The molecule has 0 amide bonds. The van der Waals surface area contributed by atoms with Gasteiger partial charge in [-0.3, -0.25) is 4.79 Å². The molecule has 0 bridgehead atoms. The Hall–Kier alpha value is -2.97. The van der Waals surface area contributed by atoms with Crippen LogP contribution in [0.5, 0.6) is 0 Å². The van der Waals surface area contributed by atoms with Gasteiger partial charge in [0.1, 0.15) is 5.60 Å². The third kappa shape index (κ3) is 2.20. The Morgan fingerprint density at radius 3 is 1.83 bits per heavy atom. The van der Waals surface area contributed by atoms with Crippen LogP contribution >= 0.6 is 0 Å². The molecule has 0 heterocycles. The molecule has 3 aromatic carbocycles. The van der Waals surface area contributed by atoms with E-state index >= 15 is 0 Å². The minimum absolute atomic E-state index is 0.120. The fourth-order valence-corrected chi connectivity index (χ4v) is 3.32. The predicted octanol–water partition coefficient (Wildman–Crippen LogP) is 4.34. The summed E-state index contributed by atoms with van der Waals surface area (Å²) in [6, 6.07) is 24.6. The molecule has 0 radical (unpaired) electrons. The number of allylic oxidation sites excluding steroid dienone is 1. The van der Waals surface area contributed by atoms with E-state index in [2.05, 4.69) is 0 Å². The van der Waals surface area contributed by atoms with E-state index in [0.717, 1.165) is 22.3 Å². The number of hydrogen-bond acceptors (Lipinski definition) is 2. The quantitative estimate of drug-likeness (QED) is 0.577. The highest BCUT2D eigenvalue weighted by molar-refractivity contribution is 6.04. The van der Waals surface area contributed by atoms with Crippen molar-refractivity contribution in [3.8, 4) is 11.1 Å². The highest BCUT2D eigenvalue weighted by Crippen LogP contribution is 2.47. The molecule has 1 N–H and O–H groups in total. The number of ketones is 1. The van der Waals surface area contributed by atoms with E-state index in [1.165, 1.54) is 6.08 Å². The van der Waals surface area contributed by atoms with Crippen LogP contribution in [0.3, 0.4) is 0 Å². The molecule has 0 saturated carbocycles. The van der Waals surface area contributed by atoms with E-state index < -0.39 is 5.60 Å². The molecular formula is C22H16O2. The molecule has 0 aliphatic heterocycles. The lowest BCUT2D eigenvalue weighted by molar-refractivity contribution is 0.103. The van der Waals surface area contributed by atoms with Crippen molar-refractivity contribution in [2.75, 3.05) is 0 Å². The zero-order valence-corrected chi connectivity index (χ0v) is 13.0. The second-order valence-corrected chi connectivity index (χ2v) is 5.92. The first-order valence-electron chi connectivity index (χ1n) is 7.90. The second-order valence-electron chi connectivity index (χ2n) is 5.92. The van der Waals surface area contributed by atoms with Crippen LogP contribution in [0.1, 0.15) is 21.5 Å². The largest absolute Gasteiger partial charge is 0.377 e. The number of hydrogen-bond donors (Lipinski definition) is 1. The number of fused-ring (bicyclic) bond motifs is 3. The lowest BCUT2D eigenvalue weighted by atomic mass is 9.90. The number of benzene rings is 3. The first kappa shape index (κ1) is 14.6. The molecule has 0 aromatic heterocycles. The monoisotopic (exact) mass is 312 g/mol. The molecule has 1 aliphatic carbocycles. The third-order valence-electron chi connectivity index (χ3n) is 4.50. The highest BCUT2D eigenvalue weighted by atomic mass is 16.3. The van der Waals surface area contributed by atoms with Crippen LogP contribution < -0.4 is 0 Å². The Morgan fingerprint density at radius 1 is 0.750 bits per heavy atom. The summed E-state index contributed by atoms with van der Waals surface area (Å²) < 4.78 is 0. The zero-order valence-electron chi connectivity index (χ0n) is 13.0. The molecule has 3 aromatic rings. The Bertz CT molecular complexity index is 893. The summed E-state index contributed by atoms with van der Waals surface area (Å²) in [6.07, 6.45) is 3.07. The van der Waals surface area contributed by atoms with Gasteiger partial charge in [-0.25, -0.2) is 0 Å². The Kier molecular flexibility index (Phi) is 3.40. The minimum atomic E-state index is -1.28. The fraction of sp³-hybridized carbons (Fsp3) is 0.0455. The van der Waals surface area contributed by atoms with Gasteiger partial charge >= 0.3 is 0 Å². The van der Waals surface area contributed by atoms with E-state index in [4.69, 9.17) is 0 Å². The molecule has 0 spiro atoms. The smallest absolute Gasteiger partial charge is 0.185 e. The molecule has 2 nitrogen and oxygen atoms in total. The first-order valence-corrected chi connectivity index (χ1v) is 7.90. The maximum absolute atomic E-state index is 12.4. The second kappa shape index (κ2) is 5.59. The average Bonchev–Trinajstić information content (AvgIpc) is 2.91. The number of rotatable bonds is 3. The van der Waals surface area contributed by atoms with Gasteiger partial charge in [0.2, 0.25) is 0 Å². The van der Waals surface area contributed by atoms with Crippen LogP contribution in [0.15, 0.2) is 91.0 Å². The summed E-state index contributed by atoms with van der Waals surface area (Å²) >= 11 is 0. The summed E-state index contributed by atoms with van der Waals surface area (Å²) in [5, 5.41) is 11.4. The van der Waals surface area contributed by atoms with Crippen molar-refractivity contribution in [3.05, 3.63) is 108 Å². The van der Waals surface area contributed by atoms with Gasteiger partial charge in [-0.2, -0.15) is 0 Å². The standard InChI is InChI=1S/C22H16O2/c23-21(16-8-2-1-3-9-16)14-15-22(24)19-12-6-4-10-17(19)18-11-5-7-13-20(18)22/h1-15,24H/b15-14+. The van der Waals surface area contributed by atoms with Crippen molar-refractivity contribution >= 4 is 5.78 Å². The number of aliphatic hydroxyl groups is 1. The molecule has 1 aliphatic rings. The van der Waals surface area contributed by atoms with Gasteiger partial charge in [-0.05, 0) is 34.4 Å². The SMILES string of the molecule is O=C(/C=C/C1(O)c2ccccc2-c2ccccc21)c1ccccc1. The van der Waals surface area contributed by atoms with E-state index in [1.807, 2.05) is 66.7 Å². The molecule has 0 unspecified atom stereocenters. The maximum atomic E-state index is 12.4. The molecular weight excluding hydrogens is 296 g/mol. The van der Waals surface area contributed by atoms with Gasteiger partial charge in [0.15, 0.2) is 5.78 Å². The first-order chi connectivity index (χ1) is 11.7. The molecule has 0 atom stereocenters. The fourth-order valence-electron chi connectivity index (χ4n) is 3.32. The summed E-state index contributed by atoms with van der Waals surface area (Å²) in [5.41, 5.74) is 2.96. The van der Waals surface area contributed by atoms with E-state index in [1.54, 1.807) is 18.2 Å². The van der Waals surface area contributed by atoms with Gasteiger partial charge in [-0.1, -0.05) is 78.9 Å². The summed E-state index contributed by atoms with van der Waals surface area (Å²) in [7, 11) is 0. The van der Waals surface area contributed by atoms with Crippen LogP contribution in [0.2, 0.25) is 0 Å². The lowest BCUT2D eigenvalue weighted by Gasteiger charge is -2.21. The summed E-state index contributed by atoms with van der Waals surface area (Å²) in [4.78, 5) is 12.4. The molecule has 4 rings (SSSR count). The van der Waals surface area contributed by atoms with Crippen molar-refractivity contribution in [1.29, 1.82) is 0 Å². The molecule has 116 valence electrons. The number of carbonyl (C=O) groups is 1. The predicted molar refractivity (Wildman–Crippen MR) is 94.8 cm³/mol. The van der Waals surface area contributed by atoms with Crippen molar-refractivity contribution in [3.63, 3.8) is 0 Å². The van der Waals surface area contributed by atoms with E-state index in [-0.39, 0.29) is 5.78 Å². The van der Waals surface area contributed by atoms with Gasteiger partial charge < -0.3 is 5.11 Å². The number of carbonyl (C=O) groups excluding carboxylic acids is 1. The lowest BCUT2D eigenvalue weighted by Crippen LogP contribution is -2.21. The molecule has 24 heavy (non-hydrogen) atoms. The van der Waals surface area contributed by atoms with Crippen LogP contribution in [0.4, 0.5) is 0 Å². The van der Waals surface area contributed by atoms with Crippen molar-refractivity contribution in [2.45, 2.75) is 5.60 Å². The van der Waals surface area contributed by atoms with Crippen LogP contribution in [0, 0.1) is 0 Å². The van der Waals surface area contributed by atoms with Crippen molar-refractivity contribution in [2.24, 2.45) is 0 Å². The van der Waals surface area contributed by atoms with Crippen LogP contribution in [0.25, 0.3) is 11.1 Å². The highest BCUT2D eigenvalue weighted by Gasteiger charge is 2.39. The van der Waals surface area contributed by atoms with Crippen molar-refractivity contribution < 1.29 is 9.90 Å². The molecule has 0 fully saturated rings. The zero-order chi connectivity index (χ0) is 16.6. The minimum Gasteiger partial charge on any atom is -0.377 e. The maximum Gasteiger partial charge on any atom is 0.185 e. The Balaban J connectivity index is 1.80. The van der Waals surface area contributed by atoms with Gasteiger partial charge in [0.05, 0.1) is 0 Å². The average molecular weight is 312 g/mol. The van der Waals surface area contributed by atoms with Gasteiger partial charge in [-0.15, -0.1) is 0 Å². The Labute approximate surface area is 140 Å². The van der Waals surface area contributed by atoms with Crippen molar-refractivity contribution in [1.82, 2.24) is 0 Å². The van der Waals surface area contributed by atoms with Gasteiger partial charge in [0.25, 0.3) is 0 Å². The summed E-state index contributed by atoms with van der Waals surface area (Å²) in [5.74, 6) is -0.120. The molecule has 2 heteroatoms. The third-order valence-corrected chi connectivity index (χ3v) is 4.50.